The number of aryl methyl sites for hydroxylation is 1. The molecule has 0 aromatic heterocycles. The molecular weight excluding hydrogens is 308 g/mol. The van der Waals surface area contributed by atoms with E-state index in [1.165, 1.54) is 7.11 Å². The molecule has 0 aliphatic rings. The highest BCUT2D eigenvalue weighted by Crippen LogP contribution is 2.24. The summed E-state index contributed by atoms with van der Waals surface area (Å²) >= 11 is 3.38. The Labute approximate surface area is 122 Å². The molecule has 104 valence electrons. The van der Waals surface area contributed by atoms with Crippen LogP contribution in [-0.4, -0.2) is 18.9 Å². The zero-order chi connectivity index (χ0) is 14.4. The zero-order valence-corrected chi connectivity index (χ0v) is 13.1. The highest BCUT2D eigenvalue weighted by Gasteiger charge is 2.28. The maximum absolute atomic E-state index is 12.5. The minimum atomic E-state index is -0.705. The highest BCUT2D eigenvalue weighted by atomic mass is 79.9. The number of methoxy groups -OCH3 is 1. The van der Waals surface area contributed by atoms with Crippen molar-refractivity contribution >= 4 is 27.7 Å². The molecule has 0 bridgehead atoms. The molecule has 0 spiro atoms. The van der Waals surface area contributed by atoms with E-state index in [9.17, 15) is 9.59 Å². The van der Waals surface area contributed by atoms with E-state index in [0.717, 1.165) is 22.9 Å². The SMILES string of the molecule is CCCCC(C(=O)OC)C(=O)c1ccc(C)cc1Br. The lowest BCUT2D eigenvalue weighted by molar-refractivity contribution is -0.143. The molecule has 0 fully saturated rings. The van der Waals surface area contributed by atoms with Crippen molar-refractivity contribution in [2.45, 2.75) is 33.1 Å². The molecular formula is C15H19BrO3. The van der Waals surface area contributed by atoms with E-state index in [1.807, 2.05) is 26.0 Å². The van der Waals surface area contributed by atoms with Crippen molar-refractivity contribution in [2.24, 2.45) is 5.92 Å². The van der Waals surface area contributed by atoms with Crippen LogP contribution in [0.4, 0.5) is 0 Å². The van der Waals surface area contributed by atoms with E-state index in [-0.39, 0.29) is 5.78 Å². The molecule has 0 radical (unpaired) electrons. The molecule has 1 atom stereocenters. The summed E-state index contributed by atoms with van der Waals surface area (Å²) in [6.07, 6.45) is 2.30. The van der Waals surface area contributed by atoms with Crippen LogP contribution in [0.5, 0.6) is 0 Å². The van der Waals surface area contributed by atoms with Gasteiger partial charge in [0.1, 0.15) is 5.92 Å². The summed E-state index contributed by atoms with van der Waals surface area (Å²) < 4.78 is 5.47. The molecule has 1 aromatic rings. The summed E-state index contributed by atoms with van der Waals surface area (Å²) in [4.78, 5) is 24.2. The maximum Gasteiger partial charge on any atom is 0.316 e. The van der Waals surface area contributed by atoms with Gasteiger partial charge in [-0.15, -0.1) is 0 Å². The maximum atomic E-state index is 12.5. The molecule has 19 heavy (non-hydrogen) atoms. The van der Waals surface area contributed by atoms with Crippen LogP contribution in [0.15, 0.2) is 22.7 Å². The summed E-state index contributed by atoms with van der Waals surface area (Å²) in [5, 5.41) is 0. The van der Waals surface area contributed by atoms with Crippen LogP contribution in [-0.2, 0) is 9.53 Å². The van der Waals surface area contributed by atoms with Gasteiger partial charge in [0.25, 0.3) is 0 Å². The van der Waals surface area contributed by atoms with Gasteiger partial charge in [-0.2, -0.15) is 0 Å². The average molecular weight is 327 g/mol. The smallest absolute Gasteiger partial charge is 0.316 e. The Bertz CT molecular complexity index is 468. The second-order valence-electron chi connectivity index (χ2n) is 4.57. The predicted octanol–water partition coefficient (Wildman–Crippen LogP) is 3.92. The van der Waals surface area contributed by atoms with Gasteiger partial charge in [0.2, 0.25) is 0 Å². The third kappa shape index (κ3) is 4.16. The number of unbranched alkanes of at least 4 members (excludes halogenated alkanes) is 1. The Hall–Kier alpha value is -1.16. The summed E-state index contributed by atoms with van der Waals surface area (Å²) in [7, 11) is 1.32. The minimum Gasteiger partial charge on any atom is -0.468 e. The van der Waals surface area contributed by atoms with E-state index in [4.69, 9.17) is 4.74 Å². The minimum absolute atomic E-state index is 0.174. The van der Waals surface area contributed by atoms with Crippen molar-refractivity contribution in [2.75, 3.05) is 7.11 Å². The molecule has 4 heteroatoms. The van der Waals surface area contributed by atoms with Crippen LogP contribution >= 0.6 is 15.9 Å². The molecule has 0 aliphatic carbocycles. The Kier molecular flexibility index (Phi) is 6.22. The third-order valence-corrected chi connectivity index (χ3v) is 3.69. The van der Waals surface area contributed by atoms with Crippen LogP contribution in [0, 0.1) is 12.8 Å². The number of carbonyl (C=O) groups excluding carboxylic acids is 2. The predicted molar refractivity (Wildman–Crippen MR) is 78.2 cm³/mol. The largest absolute Gasteiger partial charge is 0.468 e. The fourth-order valence-electron chi connectivity index (χ4n) is 1.91. The number of rotatable bonds is 6. The molecule has 1 unspecified atom stereocenters. The first kappa shape index (κ1) is 15.9. The molecule has 0 saturated carbocycles. The van der Waals surface area contributed by atoms with Crippen LogP contribution < -0.4 is 0 Å². The summed E-state index contributed by atoms with van der Waals surface area (Å²) in [5.41, 5.74) is 1.60. The van der Waals surface area contributed by atoms with E-state index < -0.39 is 11.9 Å². The van der Waals surface area contributed by atoms with Crippen molar-refractivity contribution in [1.29, 1.82) is 0 Å². The number of ketones is 1. The zero-order valence-electron chi connectivity index (χ0n) is 11.5. The van der Waals surface area contributed by atoms with Crippen molar-refractivity contribution < 1.29 is 14.3 Å². The first-order chi connectivity index (χ1) is 9.01. The lowest BCUT2D eigenvalue weighted by Crippen LogP contribution is -2.25. The summed E-state index contributed by atoms with van der Waals surface area (Å²) in [6.45, 7) is 3.98. The Morgan fingerprint density at radius 2 is 2.05 bits per heavy atom. The van der Waals surface area contributed by atoms with Gasteiger partial charge in [-0.3, -0.25) is 9.59 Å². The highest BCUT2D eigenvalue weighted by molar-refractivity contribution is 9.10. The van der Waals surface area contributed by atoms with E-state index in [0.29, 0.717) is 12.0 Å². The van der Waals surface area contributed by atoms with Crippen molar-refractivity contribution in [3.05, 3.63) is 33.8 Å². The normalized spacial score (nSPS) is 12.0. The van der Waals surface area contributed by atoms with E-state index in [2.05, 4.69) is 15.9 Å². The van der Waals surface area contributed by atoms with Gasteiger partial charge in [-0.05, 0) is 31.0 Å². The topological polar surface area (TPSA) is 43.4 Å². The van der Waals surface area contributed by atoms with Gasteiger partial charge in [-0.25, -0.2) is 0 Å². The Morgan fingerprint density at radius 3 is 2.58 bits per heavy atom. The summed E-state index contributed by atoms with van der Waals surface area (Å²) in [6, 6.07) is 5.50. The molecule has 0 amide bonds. The molecule has 1 rings (SSSR count). The molecule has 0 N–H and O–H groups in total. The molecule has 0 heterocycles. The third-order valence-electron chi connectivity index (χ3n) is 3.04. The fourth-order valence-corrected chi connectivity index (χ4v) is 2.60. The lowest BCUT2D eigenvalue weighted by atomic mass is 9.92. The van der Waals surface area contributed by atoms with Crippen molar-refractivity contribution in [3.8, 4) is 0 Å². The van der Waals surface area contributed by atoms with Gasteiger partial charge in [-0.1, -0.05) is 41.8 Å². The van der Waals surface area contributed by atoms with Gasteiger partial charge < -0.3 is 4.74 Å². The number of carbonyl (C=O) groups is 2. The number of benzene rings is 1. The summed E-state index contributed by atoms with van der Waals surface area (Å²) in [5.74, 6) is -1.33. The van der Waals surface area contributed by atoms with Gasteiger partial charge in [0.15, 0.2) is 5.78 Å². The number of halogens is 1. The van der Waals surface area contributed by atoms with Crippen molar-refractivity contribution in [3.63, 3.8) is 0 Å². The standard InChI is InChI=1S/C15H19BrO3/c1-4-5-6-12(15(18)19-3)14(17)11-8-7-10(2)9-13(11)16/h7-9,12H,4-6H2,1-3H3. The second kappa shape index (κ2) is 7.43. The first-order valence-electron chi connectivity index (χ1n) is 6.39. The number of hydrogen-bond donors (Lipinski definition) is 0. The Morgan fingerprint density at radius 1 is 1.37 bits per heavy atom. The first-order valence-corrected chi connectivity index (χ1v) is 7.18. The van der Waals surface area contributed by atoms with Gasteiger partial charge in [0, 0.05) is 10.0 Å². The number of esters is 1. The Balaban J connectivity index is 3.01. The number of Topliss-reactive ketones (excluding diaryl/α,β-unsaturated/α-hetero) is 1. The monoisotopic (exact) mass is 326 g/mol. The number of hydrogen-bond acceptors (Lipinski definition) is 3. The van der Waals surface area contributed by atoms with Gasteiger partial charge in [0.05, 0.1) is 7.11 Å². The van der Waals surface area contributed by atoms with E-state index in [1.54, 1.807) is 6.07 Å². The van der Waals surface area contributed by atoms with Crippen LogP contribution in [0.3, 0.4) is 0 Å². The fraction of sp³-hybridized carbons (Fsp3) is 0.467. The number of ether oxygens (including phenoxy) is 1. The second-order valence-corrected chi connectivity index (χ2v) is 5.42. The molecule has 1 aromatic carbocycles. The van der Waals surface area contributed by atoms with Crippen LogP contribution in [0.2, 0.25) is 0 Å². The van der Waals surface area contributed by atoms with Crippen LogP contribution in [0.1, 0.15) is 42.1 Å². The molecule has 3 nitrogen and oxygen atoms in total. The van der Waals surface area contributed by atoms with Crippen LogP contribution in [0.25, 0.3) is 0 Å². The van der Waals surface area contributed by atoms with Gasteiger partial charge >= 0.3 is 5.97 Å². The lowest BCUT2D eigenvalue weighted by Gasteiger charge is -2.14. The molecule has 0 aliphatic heterocycles. The van der Waals surface area contributed by atoms with Crippen molar-refractivity contribution in [1.82, 2.24) is 0 Å². The average Bonchev–Trinajstić information content (AvgIpc) is 2.38. The van der Waals surface area contributed by atoms with E-state index >= 15 is 0 Å². The molecule has 0 saturated heterocycles. The quantitative estimate of drug-likeness (QED) is 0.452.